The summed E-state index contributed by atoms with van der Waals surface area (Å²) >= 11 is 0. The number of carbonyl (C=O) groups is 1. The van der Waals surface area contributed by atoms with Crippen molar-refractivity contribution in [2.75, 3.05) is 14.2 Å². The maximum absolute atomic E-state index is 11.4. The van der Waals surface area contributed by atoms with Gasteiger partial charge in [-0.1, -0.05) is 12.1 Å². The quantitative estimate of drug-likeness (QED) is 0.772. The van der Waals surface area contributed by atoms with E-state index >= 15 is 0 Å². The van der Waals surface area contributed by atoms with Crippen LogP contribution in [0.4, 0.5) is 0 Å². The van der Waals surface area contributed by atoms with Crippen molar-refractivity contribution in [2.45, 2.75) is 0 Å². The molecule has 1 aromatic heterocycles. The Kier molecular flexibility index (Phi) is 3.52. The molecule has 0 aliphatic carbocycles. The Morgan fingerprint density at radius 3 is 2.67 bits per heavy atom. The molecule has 0 amide bonds. The summed E-state index contributed by atoms with van der Waals surface area (Å²) in [6, 6.07) is 7.40. The van der Waals surface area contributed by atoms with Gasteiger partial charge in [-0.05, 0) is 12.1 Å². The highest BCUT2D eigenvalue weighted by molar-refractivity contribution is 5.87. The Bertz CT molecular complexity index is 570. The second-order valence-corrected chi connectivity index (χ2v) is 3.48. The average Bonchev–Trinajstić information content (AvgIpc) is 2.46. The highest BCUT2D eigenvalue weighted by Crippen LogP contribution is 2.27. The molecular formula is C13H12N2O3. The van der Waals surface area contributed by atoms with E-state index in [1.165, 1.54) is 13.3 Å². The average molecular weight is 244 g/mol. The third-order valence-corrected chi connectivity index (χ3v) is 2.41. The molecule has 1 heterocycles. The van der Waals surface area contributed by atoms with Gasteiger partial charge < -0.3 is 9.47 Å². The minimum absolute atomic E-state index is 0.168. The molecule has 0 saturated heterocycles. The summed E-state index contributed by atoms with van der Waals surface area (Å²) in [6.45, 7) is 0. The zero-order valence-corrected chi connectivity index (χ0v) is 10.1. The normalized spacial score (nSPS) is 9.89. The number of rotatable bonds is 3. The monoisotopic (exact) mass is 244 g/mol. The Balaban J connectivity index is 2.48. The second kappa shape index (κ2) is 5.27. The third-order valence-electron chi connectivity index (χ3n) is 2.41. The van der Waals surface area contributed by atoms with Crippen LogP contribution in [0.1, 0.15) is 10.5 Å². The fraction of sp³-hybridized carbons (Fsp3) is 0.154. The standard InChI is InChI=1S/C13H12N2O3/c1-17-12-6-4-3-5-9(12)10-7-14-8-11(15-10)13(16)18-2/h3-8H,1-2H3. The topological polar surface area (TPSA) is 61.3 Å². The van der Waals surface area contributed by atoms with Crippen molar-refractivity contribution in [1.82, 2.24) is 9.97 Å². The first-order valence-corrected chi connectivity index (χ1v) is 5.30. The van der Waals surface area contributed by atoms with E-state index in [9.17, 15) is 4.79 Å². The summed E-state index contributed by atoms with van der Waals surface area (Å²) in [6.07, 6.45) is 2.94. The largest absolute Gasteiger partial charge is 0.496 e. The van der Waals surface area contributed by atoms with Crippen molar-refractivity contribution in [1.29, 1.82) is 0 Å². The van der Waals surface area contributed by atoms with Crippen LogP contribution in [-0.2, 0) is 4.74 Å². The zero-order chi connectivity index (χ0) is 13.0. The fourth-order valence-electron chi connectivity index (χ4n) is 1.55. The first-order valence-electron chi connectivity index (χ1n) is 5.30. The summed E-state index contributed by atoms with van der Waals surface area (Å²) in [5, 5.41) is 0. The lowest BCUT2D eigenvalue weighted by atomic mass is 10.1. The first-order chi connectivity index (χ1) is 8.76. The molecule has 92 valence electrons. The van der Waals surface area contributed by atoms with Crippen LogP contribution < -0.4 is 4.74 Å². The lowest BCUT2D eigenvalue weighted by molar-refractivity contribution is 0.0593. The maximum Gasteiger partial charge on any atom is 0.358 e. The molecule has 2 aromatic rings. The number of aromatic nitrogens is 2. The number of benzene rings is 1. The fourth-order valence-corrected chi connectivity index (χ4v) is 1.55. The van der Waals surface area contributed by atoms with Gasteiger partial charge in [-0.3, -0.25) is 4.98 Å². The molecule has 0 radical (unpaired) electrons. The van der Waals surface area contributed by atoms with E-state index in [0.717, 1.165) is 5.56 Å². The lowest BCUT2D eigenvalue weighted by Gasteiger charge is -2.07. The van der Waals surface area contributed by atoms with Crippen LogP contribution >= 0.6 is 0 Å². The van der Waals surface area contributed by atoms with Crippen molar-refractivity contribution in [3.8, 4) is 17.0 Å². The molecule has 0 spiro atoms. The number of esters is 1. The predicted octanol–water partition coefficient (Wildman–Crippen LogP) is 1.94. The predicted molar refractivity (Wildman–Crippen MR) is 65.4 cm³/mol. The Morgan fingerprint density at radius 2 is 1.94 bits per heavy atom. The van der Waals surface area contributed by atoms with Crippen molar-refractivity contribution in [2.24, 2.45) is 0 Å². The number of methoxy groups -OCH3 is 2. The van der Waals surface area contributed by atoms with Crippen molar-refractivity contribution in [3.63, 3.8) is 0 Å². The highest BCUT2D eigenvalue weighted by atomic mass is 16.5. The summed E-state index contributed by atoms with van der Waals surface area (Å²) < 4.78 is 9.85. The summed E-state index contributed by atoms with van der Waals surface area (Å²) in [7, 11) is 2.89. The van der Waals surface area contributed by atoms with Gasteiger partial charge in [0.2, 0.25) is 0 Å². The number of hydrogen-bond donors (Lipinski definition) is 0. The van der Waals surface area contributed by atoms with Gasteiger partial charge in [0.25, 0.3) is 0 Å². The second-order valence-electron chi connectivity index (χ2n) is 3.48. The first kappa shape index (κ1) is 12.0. The Hall–Kier alpha value is -2.43. The van der Waals surface area contributed by atoms with Gasteiger partial charge in [0.1, 0.15) is 5.75 Å². The molecule has 0 bridgehead atoms. The molecule has 2 rings (SSSR count). The molecule has 0 aliphatic heterocycles. The van der Waals surface area contributed by atoms with Crippen LogP contribution in [0.5, 0.6) is 5.75 Å². The molecule has 0 unspecified atom stereocenters. The smallest absolute Gasteiger partial charge is 0.358 e. The van der Waals surface area contributed by atoms with Gasteiger partial charge >= 0.3 is 5.97 Å². The van der Waals surface area contributed by atoms with E-state index in [-0.39, 0.29) is 5.69 Å². The van der Waals surface area contributed by atoms with E-state index in [0.29, 0.717) is 11.4 Å². The van der Waals surface area contributed by atoms with E-state index in [4.69, 9.17) is 4.74 Å². The van der Waals surface area contributed by atoms with Crippen LogP contribution in [0.15, 0.2) is 36.7 Å². The maximum atomic E-state index is 11.4. The minimum atomic E-state index is -0.515. The van der Waals surface area contributed by atoms with Gasteiger partial charge in [0.15, 0.2) is 5.69 Å². The minimum Gasteiger partial charge on any atom is -0.496 e. The number of para-hydroxylation sites is 1. The van der Waals surface area contributed by atoms with Crippen LogP contribution in [0.25, 0.3) is 11.3 Å². The van der Waals surface area contributed by atoms with E-state index < -0.39 is 5.97 Å². The van der Waals surface area contributed by atoms with Crippen LogP contribution in [-0.4, -0.2) is 30.2 Å². The highest BCUT2D eigenvalue weighted by Gasteiger charge is 2.11. The summed E-state index contributed by atoms with van der Waals surface area (Å²) in [5.41, 5.74) is 1.51. The third kappa shape index (κ3) is 2.29. The molecule has 0 fully saturated rings. The van der Waals surface area contributed by atoms with Crippen molar-refractivity contribution >= 4 is 5.97 Å². The molecular weight excluding hydrogens is 232 g/mol. The van der Waals surface area contributed by atoms with Gasteiger partial charge in [0.05, 0.1) is 32.3 Å². The van der Waals surface area contributed by atoms with Crippen LogP contribution in [0, 0.1) is 0 Å². The molecule has 0 atom stereocenters. The molecule has 18 heavy (non-hydrogen) atoms. The molecule has 0 aliphatic rings. The molecule has 5 nitrogen and oxygen atoms in total. The van der Waals surface area contributed by atoms with E-state index in [1.54, 1.807) is 13.3 Å². The van der Waals surface area contributed by atoms with Crippen LogP contribution in [0.3, 0.4) is 0 Å². The molecule has 1 aromatic carbocycles. The lowest BCUT2D eigenvalue weighted by Crippen LogP contribution is -2.05. The number of nitrogens with zero attached hydrogens (tertiary/aromatic N) is 2. The van der Waals surface area contributed by atoms with Gasteiger partial charge in [-0.15, -0.1) is 0 Å². The molecule has 5 heteroatoms. The SMILES string of the molecule is COC(=O)c1cncc(-c2ccccc2OC)n1. The van der Waals surface area contributed by atoms with Crippen molar-refractivity contribution < 1.29 is 14.3 Å². The van der Waals surface area contributed by atoms with Gasteiger partial charge in [-0.2, -0.15) is 0 Å². The molecule has 0 N–H and O–H groups in total. The van der Waals surface area contributed by atoms with Crippen LogP contribution in [0.2, 0.25) is 0 Å². The number of hydrogen-bond acceptors (Lipinski definition) is 5. The van der Waals surface area contributed by atoms with E-state index in [1.807, 2.05) is 24.3 Å². The zero-order valence-electron chi connectivity index (χ0n) is 10.1. The Morgan fingerprint density at radius 1 is 1.17 bits per heavy atom. The van der Waals surface area contributed by atoms with E-state index in [2.05, 4.69) is 14.7 Å². The summed E-state index contributed by atoms with van der Waals surface area (Å²) in [4.78, 5) is 19.6. The van der Waals surface area contributed by atoms with Gasteiger partial charge in [-0.25, -0.2) is 9.78 Å². The Labute approximate surface area is 104 Å². The van der Waals surface area contributed by atoms with Crippen molar-refractivity contribution in [3.05, 3.63) is 42.4 Å². The summed E-state index contributed by atoms with van der Waals surface area (Å²) in [5.74, 6) is 0.160. The number of ether oxygens (including phenoxy) is 2. The number of carbonyl (C=O) groups excluding carboxylic acids is 1. The molecule has 0 saturated carbocycles. The van der Waals surface area contributed by atoms with Gasteiger partial charge in [0, 0.05) is 5.56 Å².